The summed E-state index contributed by atoms with van der Waals surface area (Å²) >= 11 is 0. The second-order valence-electron chi connectivity index (χ2n) is 13.3. The van der Waals surface area contributed by atoms with Crippen LogP contribution in [0.5, 0.6) is 0 Å². The Balaban J connectivity index is 0.000000219. The molecule has 4 heterocycles. The molecule has 0 aliphatic heterocycles. The minimum Gasteiger partial charge on any atom is -0.499 e. The summed E-state index contributed by atoms with van der Waals surface area (Å²) in [7, 11) is 0. The Morgan fingerprint density at radius 3 is 1.93 bits per heavy atom. The molecule has 0 spiro atoms. The van der Waals surface area contributed by atoms with E-state index in [0.29, 0.717) is 16.9 Å². The maximum atomic E-state index is 8.12. The smallest absolute Gasteiger partial charge is 0.143 e. The van der Waals surface area contributed by atoms with Gasteiger partial charge in [-0.1, -0.05) is 128 Å². The van der Waals surface area contributed by atoms with Crippen molar-refractivity contribution in [3.05, 3.63) is 199 Å². The van der Waals surface area contributed by atoms with Gasteiger partial charge in [0, 0.05) is 53.1 Å². The summed E-state index contributed by atoms with van der Waals surface area (Å²) in [5, 5.41) is 1.52. The van der Waals surface area contributed by atoms with E-state index in [9.17, 15) is 0 Å². The first-order chi connectivity index (χ1) is 27.1. The van der Waals surface area contributed by atoms with E-state index in [-0.39, 0.29) is 25.8 Å². The Bertz CT molecular complexity index is 2700. The zero-order chi connectivity index (χ0) is 38.7. The Morgan fingerprint density at radius 1 is 0.593 bits per heavy atom. The molecule has 0 atom stereocenters. The van der Waals surface area contributed by atoms with Crippen molar-refractivity contribution in [1.82, 2.24) is 15.0 Å². The van der Waals surface area contributed by atoms with Gasteiger partial charge in [-0.05, 0) is 58.7 Å². The average Bonchev–Trinajstić information content (AvgIpc) is 3.62. The molecule has 0 saturated heterocycles. The average molecular weight is 879 g/mol. The van der Waals surface area contributed by atoms with Crippen LogP contribution >= 0.6 is 0 Å². The largest absolute Gasteiger partial charge is 0.499 e. The van der Waals surface area contributed by atoms with E-state index in [1.54, 1.807) is 24.5 Å². The monoisotopic (exact) mass is 879 g/mol. The molecule has 0 aliphatic rings. The predicted molar refractivity (Wildman–Crippen MR) is 216 cm³/mol. The van der Waals surface area contributed by atoms with Crippen LogP contribution in [0.25, 0.3) is 66.7 Å². The summed E-state index contributed by atoms with van der Waals surface area (Å²) in [6.45, 7) is 1.71. The predicted octanol–water partition coefficient (Wildman–Crippen LogP) is 12.4. The van der Waals surface area contributed by atoms with Crippen molar-refractivity contribution in [2.24, 2.45) is 0 Å². The third-order valence-electron chi connectivity index (χ3n) is 9.47. The standard InChI is InChI=1S/C32H25N2O.C17H12N.Ir/c1-21-18-27-26-19-24(28-20-23(16-17-33-28)22-10-6-4-7-11-22)14-15-29(26)35-30(27)31(34-21)32(2,3)25-12-8-5-9-13-25;1-2-7-14(8-3-1)15-9-6-10-16(13-15)17-11-4-5-12-18-17;/h4-13,15-20H,1-3H3;1-9,11-13H;/q2*-1;/i1D3;;. The summed E-state index contributed by atoms with van der Waals surface area (Å²) in [4.78, 5) is 13.6. The maximum absolute atomic E-state index is 8.12. The minimum atomic E-state index is -2.37. The zero-order valence-corrected chi connectivity index (χ0v) is 32.1. The van der Waals surface area contributed by atoms with Gasteiger partial charge < -0.3 is 14.4 Å². The van der Waals surface area contributed by atoms with E-state index in [0.717, 1.165) is 50.0 Å². The number of fused-ring (bicyclic) bond motifs is 3. The minimum absolute atomic E-state index is 0. The molecule has 265 valence electrons. The van der Waals surface area contributed by atoms with Gasteiger partial charge in [0.1, 0.15) is 5.58 Å². The number of aromatic nitrogens is 3. The number of furan rings is 1. The van der Waals surface area contributed by atoms with Crippen LogP contribution in [0.15, 0.2) is 175 Å². The third kappa shape index (κ3) is 7.56. The molecular formula is C49H37IrN3O-2. The van der Waals surface area contributed by atoms with E-state index in [4.69, 9.17) is 8.53 Å². The molecule has 9 rings (SSSR count). The van der Waals surface area contributed by atoms with Gasteiger partial charge >= 0.3 is 0 Å². The van der Waals surface area contributed by atoms with Crippen molar-refractivity contribution >= 4 is 21.9 Å². The molecule has 9 aromatic rings. The van der Waals surface area contributed by atoms with Crippen LogP contribution in [-0.2, 0) is 25.5 Å². The van der Waals surface area contributed by atoms with E-state index in [1.807, 2.05) is 123 Å². The van der Waals surface area contributed by atoms with E-state index in [1.165, 1.54) is 11.1 Å². The van der Waals surface area contributed by atoms with E-state index >= 15 is 0 Å². The molecule has 0 fully saturated rings. The van der Waals surface area contributed by atoms with Crippen LogP contribution in [-0.4, -0.2) is 15.0 Å². The number of nitrogens with zero attached hydrogens (tertiary/aromatic N) is 3. The molecule has 0 bridgehead atoms. The normalized spacial score (nSPS) is 12.1. The number of pyridine rings is 3. The first-order valence-electron chi connectivity index (χ1n) is 19.0. The van der Waals surface area contributed by atoms with Crippen LogP contribution in [0.4, 0.5) is 0 Å². The molecule has 0 aliphatic carbocycles. The molecule has 5 heteroatoms. The molecule has 1 radical (unpaired) electrons. The number of aryl methyl sites for hydroxylation is 1. The Morgan fingerprint density at radius 2 is 1.24 bits per heavy atom. The van der Waals surface area contributed by atoms with Gasteiger partial charge in [-0.3, -0.25) is 4.98 Å². The van der Waals surface area contributed by atoms with Crippen LogP contribution in [0, 0.1) is 19.0 Å². The summed E-state index contributed by atoms with van der Waals surface area (Å²) in [6.07, 6.45) is 3.60. The quantitative estimate of drug-likeness (QED) is 0.156. The molecule has 54 heavy (non-hydrogen) atoms. The number of hydrogen-bond donors (Lipinski definition) is 0. The van der Waals surface area contributed by atoms with Crippen LogP contribution < -0.4 is 0 Å². The SMILES string of the molecule is [2H]C([2H])([2H])c1cc2c(oc3c[c-]c(-c4cc(-c5ccccc5)ccn4)cc32)c(C(C)(C)c2ccccc2)n1.[Ir].[c-]1ccc(-c2ccccc2)cc1-c1ccccn1. The fourth-order valence-corrected chi connectivity index (χ4v) is 6.62. The maximum Gasteiger partial charge on any atom is 0.143 e. The van der Waals surface area contributed by atoms with Crippen LogP contribution in [0.1, 0.15) is 34.9 Å². The van der Waals surface area contributed by atoms with Crippen molar-refractivity contribution in [2.75, 3.05) is 0 Å². The molecule has 0 amide bonds. The van der Waals surface area contributed by atoms with Gasteiger partial charge in [-0.15, -0.1) is 59.2 Å². The van der Waals surface area contributed by atoms with Crippen LogP contribution in [0.3, 0.4) is 0 Å². The number of benzene rings is 5. The summed E-state index contributed by atoms with van der Waals surface area (Å²) in [5.41, 5.74) is 10.4. The topological polar surface area (TPSA) is 51.8 Å². The van der Waals surface area contributed by atoms with Gasteiger partial charge in [0.15, 0.2) is 0 Å². The third-order valence-corrected chi connectivity index (χ3v) is 9.47. The van der Waals surface area contributed by atoms with Gasteiger partial charge in [-0.25, -0.2) is 0 Å². The molecule has 0 unspecified atom stereocenters. The molecule has 0 saturated carbocycles. The van der Waals surface area contributed by atoms with Crippen molar-refractivity contribution in [3.63, 3.8) is 0 Å². The summed E-state index contributed by atoms with van der Waals surface area (Å²) in [6, 6.07) is 58.5. The fourth-order valence-electron chi connectivity index (χ4n) is 6.62. The van der Waals surface area contributed by atoms with Gasteiger partial charge in [0.2, 0.25) is 0 Å². The van der Waals surface area contributed by atoms with Crippen LogP contribution in [0.2, 0.25) is 0 Å². The van der Waals surface area contributed by atoms with Crippen molar-refractivity contribution in [2.45, 2.75) is 26.1 Å². The van der Waals surface area contributed by atoms with Gasteiger partial charge in [0.05, 0.1) is 11.3 Å². The Labute approximate surface area is 334 Å². The first kappa shape index (κ1) is 32.6. The van der Waals surface area contributed by atoms with Gasteiger partial charge in [0.25, 0.3) is 0 Å². The van der Waals surface area contributed by atoms with Gasteiger partial charge in [-0.2, -0.15) is 0 Å². The molecule has 5 aromatic carbocycles. The Kier molecular flexibility index (Phi) is 9.63. The number of rotatable bonds is 6. The summed E-state index contributed by atoms with van der Waals surface area (Å²) < 4.78 is 30.7. The Hall–Kier alpha value is -6.00. The second kappa shape index (κ2) is 15.9. The fraction of sp³-hybridized carbons (Fsp3) is 0.0816. The first-order valence-corrected chi connectivity index (χ1v) is 17.5. The van der Waals surface area contributed by atoms with Crippen molar-refractivity contribution < 1.29 is 28.6 Å². The zero-order valence-electron chi connectivity index (χ0n) is 32.7. The van der Waals surface area contributed by atoms with Crippen molar-refractivity contribution in [3.8, 4) is 44.8 Å². The van der Waals surface area contributed by atoms with E-state index in [2.05, 4.69) is 63.5 Å². The van der Waals surface area contributed by atoms with Crippen molar-refractivity contribution in [1.29, 1.82) is 0 Å². The molecule has 4 aromatic heterocycles. The van der Waals surface area contributed by atoms with E-state index < -0.39 is 12.3 Å². The molecule has 0 N–H and O–H groups in total. The molecule has 4 nitrogen and oxygen atoms in total. The molecular weight excluding hydrogens is 839 g/mol. The number of hydrogen-bond acceptors (Lipinski definition) is 4. The summed E-state index contributed by atoms with van der Waals surface area (Å²) in [5.74, 6) is 0. The second-order valence-corrected chi connectivity index (χ2v) is 13.3.